The Bertz CT molecular complexity index is 1270. The molecular formula is C20H10ClN3O4S. The number of allylic oxidation sites excluding steroid dienone is 1. The van der Waals surface area contributed by atoms with E-state index in [1.807, 2.05) is 5.38 Å². The van der Waals surface area contributed by atoms with Crippen LogP contribution in [0.25, 0.3) is 34.4 Å². The highest BCUT2D eigenvalue weighted by molar-refractivity contribution is 7.11. The van der Waals surface area contributed by atoms with E-state index < -0.39 is 4.92 Å². The van der Waals surface area contributed by atoms with Crippen molar-refractivity contribution in [2.75, 3.05) is 0 Å². The summed E-state index contributed by atoms with van der Waals surface area (Å²) < 4.78 is 11.1. The van der Waals surface area contributed by atoms with E-state index >= 15 is 0 Å². The Morgan fingerprint density at radius 1 is 1.28 bits per heavy atom. The number of aromatic nitrogens is 1. The van der Waals surface area contributed by atoms with Crippen molar-refractivity contribution >= 4 is 40.3 Å². The Kier molecular flexibility index (Phi) is 4.99. The lowest BCUT2D eigenvalue weighted by Gasteiger charge is -2.00. The molecule has 0 saturated carbocycles. The van der Waals surface area contributed by atoms with Gasteiger partial charge in [-0.3, -0.25) is 10.1 Å². The van der Waals surface area contributed by atoms with Crippen LogP contribution in [0.2, 0.25) is 5.02 Å². The number of hydrogen-bond acceptors (Lipinski definition) is 7. The fourth-order valence-electron chi connectivity index (χ4n) is 2.61. The van der Waals surface area contributed by atoms with E-state index in [9.17, 15) is 15.4 Å². The summed E-state index contributed by atoms with van der Waals surface area (Å²) in [6, 6.07) is 13.2. The molecule has 0 atom stereocenters. The van der Waals surface area contributed by atoms with Gasteiger partial charge in [-0.25, -0.2) is 4.98 Å². The number of nitro groups is 1. The molecule has 0 N–H and O–H groups in total. The maximum atomic E-state index is 10.8. The summed E-state index contributed by atoms with van der Waals surface area (Å²) in [5, 5.41) is 22.9. The first-order chi connectivity index (χ1) is 14.0. The highest BCUT2D eigenvalue weighted by atomic mass is 35.5. The second-order valence-corrected chi connectivity index (χ2v) is 7.07. The van der Waals surface area contributed by atoms with Gasteiger partial charge in [0.2, 0.25) is 0 Å². The number of non-ortho nitro benzene ring substituents is 1. The van der Waals surface area contributed by atoms with Gasteiger partial charge in [-0.15, -0.1) is 11.3 Å². The molecule has 0 radical (unpaired) electrons. The molecule has 0 unspecified atom stereocenters. The summed E-state index contributed by atoms with van der Waals surface area (Å²) in [6.07, 6.45) is 3.14. The molecule has 0 aliphatic rings. The first-order valence-corrected chi connectivity index (χ1v) is 9.46. The van der Waals surface area contributed by atoms with Crippen LogP contribution in [0, 0.1) is 21.4 Å². The van der Waals surface area contributed by atoms with Crippen molar-refractivity contribution in [2.45, 2.75) is 0 Å². The van der Waals surface area contributed by atoms with E-state index in [0.29, 0.717) is 39.1 Å². The summed E-state index contributed by atoms with van der Waals surface area (Å²) in [5.74, 6) is 1.49. The summed E-state index contributed by atoms with van der Waals surface area (Å²) in [6.45, 7) is 0. The lowest BCUT2D eigenvalue weighted by Crippen LogP contribution is -1.88. The standard InChI is InChI=1S/C20H10ClN3O4S/c21-16-9-13(24(25)26)3-5-15(16)18-6-4-14(28-18)8-12(10-22)20-23-17(11-29-20)19-2-1-7-27-19/h1-9,11H/b12-8+. The van der Waals surface area contributed by atoms with E-state index in [1.165, 1.54) is 29.5 Å². The molecule has 9 heteroatoms. The molecular weight excluding hydrogens is 414 g/mol. The third kappa shape index (κ3) is 3.82. The Balaban J connectivity index is 1.63. The van der Waals surface area contributed by atoms with Gasteiger partial charge in [0.15, 0.2) is 5.76 Å². The molecule has 142 valence electrons. The Labute approximate surface area is 173 Å². The molecule has 3 heterocycles. The maximum Gasteiger partial charge on any atom is 0.270 e. The molecule has 0 bridgehead atoms. The first kappa shape index (κ1) is 18.7. The fraction of sp³-hybridized carbons (Fsp3) is 0. The SMILES string of the molecule is N#C/C(=C\c1ccc(-c2ccc([N+](=O)[O-])cc2Cl)o1)c1nc(-c2ccco2)cs1. The van der Waals surface area contributed by atoms with Gasteiger partial charge in [-0.1, -0.05) is 11.6 Å². The quantitative estimate of drug-likeness (QED) is 0.212. The largest absolute Gasteiger partial charge is 0.463 e. The number of furan rings is 2. The van der Waals surface area contributed by atoms with Gasteiger partial charge in [0.05, 0.1) is 21.8 Å². The normalized spacial score (nSPS) is 11.4. The highest BCUT2D eigenvalue weighted by Gasteiger charge is 2.15. The Hall–Kier alpha value is -3.67. The van der Waals surface area contributed by atoms with E-state index in [1.54, 1.807) is 36.6 Å². The number of hydrogen-bond donors (Lipinski definition) is 0. The minimum absolute atomic E-state index is 0.103. The molecule has 4 aromatic rings. The third-order valence-corrected chi connectivity index (χ3v) is 5.16. The van der Waals surface area contributed by atoms with Crippen LogP contribution in [0.4, 0.5) is 5.69 Å². The van der Waals surface area contributed by atoms with Crippen LogP contribution in [-0.4, -0.2) is 9.91 Å². The van der Waals surface area contributed by atoms with Crippen molar-refractivity contribution in [3.05, 3.63) is 80.0 Å². The van der Waals surface area contributed by atoms with Crippen molar-refractivity contribution in [3.8, 4) is 28.8 Å². The van der Waals surface area contributed by atoms with Crippen molar-refractivity contribution in [2.24, 2.45) is 0 Å². The van der Waals surface area contributed by atoms with E-state index in [-0.39, 0.29) is 10.7 Å². The molecule has 4 rings (SSSR count). The molecule has 0 amide bonds. The summed E-state index contributed by atoms with van der Waals surface area (Å²) in [5.41, 5.74) is 1.40. The number of nitriles is 1. The molecule has 0 saturated heterocycles. The predicted octanol–water partition coefficient (Wildman–Crippen LogP) is 6.29. The highest BCUT2D eigenvalue weighted by Crippen LogP contribution is 2.33. The molecule has 7 nitrogen and oxygen atoms in total. The molecule has 29 heavy (non-hydrogen) atoms. The number of halogens is 1. The lowest BCUT2D eigenvalue weighted by molar-refractivity contribution is -0.384. The molecule has 0 fully saturated rings. The molecule has 0 aliphatic heterocycles. The van der Waals surface area contributed by atoms with Gasteiger partial charge in [0.25, 0.3) is 5.69 Å². The third-order valence-electron chi connectivity index (χ3n) is 3.97. The smallest absolute Gasteiger partial charge is 0.270 e. The molecule has 3 aromatic heterocycles. The maximum absolute atomic E-state index is 10.8. The number of nitrogens with zero attached hydrogens (tertiary/aromatic N) is 3. The molecule has 1 aromatic carbocycles. The average molecular weight is 424 g/mol. The summed E-state index contributed by atoms with van der Waals surface area (Å²) in [7, 11) is 0. The van der Waals surface area contributed by atoms with Gasteiger partial charge < -0.3 is 8.83 Å². The monoisotopic (exact) mass is 423 g/mol. The zero-order valence-electron chi connectivity index (χ0n) is 14.5. The van der Waals surface area contributed by atoms with Crippen molar-refractivity contribution in [1.29, 1.82) is 5.26 Å². The second kappa shape index (κ2) is 7.75. The van der Waals surface area contributed by atoms with Crippen LogP contribution in [-0.2, 0) is 0 Å². The van der Waals surface area contributed by atoms with Crippen LogP contribution < -0.4 is 0 Å². The van der Waals surface area contributed by atoms with E-state index in [4.69, 9.17) is 20.4 Å². The van der Waals surface area contributed by atoms with Gasteiger partial charge in [0.1, 0.15) is 28.3 Å². The average Bonchev–Trinajstić information content (AvgIpc) is 3.46. The molecule has 0 aliphatic carbocycles. The van der Waals surface area contributed by atoms with Crippen LogP contribution in [0.15, 0.2) is 62.9 Å². The minimum atomic E-state index is -0.518. The van der Waals surface area contributed by atoms with Gasteiger partial charge in [0, 0.05) is 29.2 Å². The number of thiazole rings is 1. The van der Waals surface area contributed by atoms with E-state index in [2.05, 4.69) is 11.1 Å². The number of nitro benzene ring substituents is 1. The lowest BCUT2D eigenvalue weighted by atomic mass is 10.1. The Morgan fingerprint density at radius 3 is 2.83 bits per heavy atom. The van der Waals surface area contributed by atoms with Gasteiger partial charge >= 0.3 is 0 Å². The topological polar surface area (TPSA) is 106 Å². The van der Waals surface area contributed by atoms with Crippen LogP contribution >= 0.6 is 22.9 Å². The fourth-order valence-corrected chi connectivity index (χ4v) is 3.65. The van der Waals surface area contributed by atoms with Crippen LogP contribution in [0.5, 0.6) is 0 Å². The van der Waals surface area contributed by atoms with Crippen LogP contribution in [0.1, 0.15) is 10.8 Å². The van der Waals surface area contributed by atoms with E-state index in [0.717, 1.165) is 0 Å². The van der Waals surface area contributed by atoms with Crippen LogP contribution in [0.3, 0.4) is 0 Å². The predicted molar refractivity (Wildman–Crippen MR) is 109 cm³/mol. The second-order valence-electron chi connectivity index (χ2n) is 5.81. The molecule has 0 spiro atoms. The van der Waals surface area contributed by atoms with Gasteiger partial charge in [-0.2, -0.15) is 5.26 Å². The Morgan fingerprint density at radius 2 is 2.14 bits per heavy atom. The van der Waals surface area contributed by atoms with Gasteiger partial charge in [-0.05, 0) is 30.3 Å². The zero-order valence-corrected chi connectivity index (χ0v) is 16.1. The minimum Gasteiger partial charge on any atom is -0.463 e. The summed E-state index contributed by atoms with van der Waals surface area (Å²) in [4.78, 5) is 14.8. The zero-order chi connectivity index (χ0) is 20.4. The number of benzene rings is 1. The van der Waals surface area contributed by atoms with Crippen molar-refractivity contribution in [3.63, 3.8) is 0 Å². The van der Waals surface area contributed by atoms with Crippen molar-refractivity contribution < 1.29 is 13.8 Å². The summed E-state index contributed by atoms with van der Waals surface area (Å²) >= 11 is 7.47. The first-order valence-electron chi connectivity index (χ1n) is 8.21. The number of rotatable bonds is 5. The van der Waals surface area contributed by atoms with Crippen molar-refractivity contribution in [1.82, 2.24) is 4.98 Å².